The number of nitrogen functional groups attached to an aromatic ring is 1. The molecule has 0 bridgehead atoms. The molecule has 3 rings (SSSR count). The fraction of sp³-hybridized carbons (Fsp3) is 0.133. The van der Waals surface area contributed by atoms with Gasteiger partial charge in [0.25, 0.3) is 0 Å². The molecule has 0 aliphatic rings. The second-order valence-electron chi connectivity index (χ2n) is 5.02. The number of nitrogens with two attached hydrogens (primary N) is 1. The van der Waals surface area contributed by atoms with E-state index >= 15 is 0 Å². The molecule has 3 amide bonds. The number of fused-ring (bicyclic) bond motifs is 1. The van der Waals surface area contributed by atoms with E-state index in [1.165, 1.54) is 0 Å². The summed E-state index contributed by atoms with van der Waals surface area (Å²) in [6.07, 6.45) is 3.49. The molecule has 1 atom stereocenters. The first-order valence-corrected chi connectivity index (χ1v) is 7.06. The molecule has 3 heterocycles. The number of anilines is 1. The Morgan fingerprint density at radius 3 is 2.79 bits per heavy atom. The lowest BCUT2D eigenvalue weighted by Crippen LogP contribution is -2.35. The highest BCUT2D eigenvalue weighted by atomic mass is 16.3. The van der Waals surface area contributed by atoms with E-state index in [1.54, 1.807) is 37.5 Å². The third-order valence-corrected chi connectivity index (χ3v) is 3.32. The van der Waals surface area contributed by atoms with E-state index in [1.807, 2.05) is 5.32 Å². The van der Waals surface area contributed by atoms with Gasteiger partial charge < -0.3 is 15.5 Å². The third kappa shape index (κ3) is 3.14. The Morgan fingerprint density at radius 2 is 2.08 bits per heavy atom. The van der Waals surface area contributed by atoms with Crippen molar-refractivity contribution < 1.29 is 14.0 Å². The summed E-state index contributed by atoms with van der Waals surface area (Å²) in [4.78, 5) is 34.0. The monoisotopic (exact) mass is 326 g/mol. The molecule has 3 aromatic rings. The molecule has 0 spiro atoms. The summed E-state index contributed by atoms with van der Waals surface area (Å²) >= 11 is 0. The Balaban J connectivity index is 1.87. The van der Waals surface area contributed by atoms with E-state index in [4.69, 9.17) is 10.2 Å². The van der Waals surface area contributed by atoms with Crippen LogP contribution in [0.2, 0.25) is 0 Å². The zero-order chi connectivity index (χ0) is 17.1. The van der Waals surface area contributed by atoms with Crippen molar-refractivity contribution in [2.24, 2.45) is 0 Å². The summed E-state index contributed by atoms with van der Waals surface area (Å²) in [5, 5.41) is 4.58. The zero-order valence-electron chi connectivity index (χ0n) is 12.7. The van der Waals surface area contributed by atoms with Crippen LogP contribution >= 0.6 is 0 Å². The summed E-state index contributed by atoms with van der Waals surface area (Å²) in [7, 11) is 0. The van der Waals surface area contributed by atoms with Crippen LogP contribution in [0.3, 0.4) is 0 Å². The van der Waals surface area contributed by atoms with Crippen LogP contribution in [0.25, 0.3) is 22.4 Å². The second kappa shape index (κ2) is 6.32. The summed E-state index contributed by atoms with van der Waals surface area (Å²) in [5.41, 5.74) is 8.08. The number of amides is 3. The molecule has 3 aromatic heterocycles. The number of nitrogens with zero attached hydrogens (tertiary/aromatic N) is 3. The van der Waals surface area contributed by atoms with Crippen LogP contribution in [0.4, 0.5) is 10.7 Å². The molecule has 1 unspecified atom stereocenters. The topological polar surface area (TPSA) is 136 Å². The Kier molecular flexibility index (Phi) is 4.06. The molecule has 122 valence electrons. The fourth-order valence-electron chi connectivity index (χ4n) is 2.15. The molecule has 0 aliphatic heterocycles. The fourth-order valence-corrected chi connectivity index (χ4v) is 2.15. The molecule has 9 heteroatoms. The average molecular weight is 326 g/mol. The summed E-state index contributed by atoms with van der Waals surface area (Å²) < 4.78 is 5.67. The van der Waals surface area contributed by atoms with Crippen molar-refractivity contribution in [1.29, 1.82) is 0 Å². The van der Waals surface area contributed by atoms with E-state index in [2.05, 4.69) is 20.3 Å². The molecule has 4 N–H and O–H groups in total. The molecule has 0 aromatic carbocycles. The highest BCUT2D eigenvalue weighted by Crippen LogP contribution is 2.25. The molecular weight excluding hydrogens is 312 g/mol. The number of pyridine rings is 1. The van der Waals surface area contributed by atoms with Crippen molar-refractivity contribution in [3.8, 4) is 11.3 Å². The summed E-state index contributed by atoms with van der Waals surface area (Å²) in [6, 6.07) is 4.24. The number of urea groups is 1. The Hall–Kier alpha value is -3.49. The number of carbonyl (C=O) groups excluding carboxylic acids is 2. The van der Waals surface area contributed by atoms with E-state index in [0.717, 1.165) is 5.56 Å². The highest BCUT2D eigenvalue weighted by Gasteiger charge is 2.15. The van der Waals surface area contributed by atoms with Crippen molar-refractivity contribution in [3.63, 3.8) is 0 Å². The predicted molar refractivity (Wildman–Crippen MR) is 85.6 cm³/mol. The molecule has 24 heavy (non-hydrogen) atoms. The van der Waals surface area contributed by atoms with Crippen LogP contribution in [0, 0.1) is 0 Å². The number of carbonyl (C=O) groups is 2. The normalized spacial score (nSPS) is 11.9. The van der Waals surface area contributed by atoms with Gasteiger partial charge in [0, 0.05) is 24.0 Å². The average Bonchev–Trinajstić information content (AvgIpc) is 2.99. The minimum absolute atomic E-state index is 0.193. The first-order valence-electron chi connectivity index (χ1n) is 7.06. The first kappa shape index (κ1) is 15.4. The Bertz CT molecular complexity index is 890. The largest absolute Gasteiger partial charge is 0.457 e. The lowest BCUT2D eigenvalue weighted by atomic mass is 10.2. The van der Waals surface area contributed by atoms with Gasteiger partial charge in [-0.3, -0.25) is 10.1 Å². The molecule has 0 saturated heterocycles. The van der Waals surface area contributed by atoms with E-state index in [9.17, 15) is 9.59 Å². The van der Waals surface area contributed by atoms with Crippen LogP contribution in [-0.2, 0) is 4.79 Å². The van der Waals surface area contributed by atoms with Crippen LogP contribution in [0.1, 0.15) is 18.7 Å². The molecule has 0 fully saturated rings. The number of hydrogen-bond acceptors (Lipinski definition) is 7. The lowest BCUT2D eigenvalue weighted by Gasteiger charge is -2.09. The van der Waals surface area contributed by atoms with Crippen LogP contribution in [0.5, 0.6) is 0 Å². The maximum Gasteiger partial charge on any atom is 0.321 e. The van der Waals surface area contributed by atoms with Gasteiger partial charge in [-0.25, -0.2) is 19.7 Å². The number of aromatic nitrogens is 3. The quantitative estimate of drug-likeness (QED) is 0.616. The Morgan fingerprint density at radius 1 is 1.33 bits per heavy atom. The van der Waals surface area contributed by atoms with Crippen LogP contribution in [-0.4, -0.2) is 27.4 Å². The summed E-state index contributed by atoms with van der Waals surface area (Å²) in [6.45, 7) is 1.73. The molecule has 0 saturated carbocycles. The van der Waals surface area contributed by atoms with Crippen molar-refractivity contribution >= 4 is 29.5 Å². The predicted octanol–water partition coefficient (Wildman–Crippen LogP) is 1.38. The number of imide groups is 1. The van der Waals surface area contributed by atoms with E-state index in [-0.39, 0.29) is 5.95 Å². The van der Waals surface area contributed by atoms with Crippen molar-refractivity contribution in [2.45, 2.75) is 13.0 Å². The minimum atomic E-state index is -0.606. The molecule has 0 radical (unpaired) electrons. The van der Waals surface area contributed by atoms with Crippen molar-refractivity contribution in [2.75, 3.05) is 5.73 Å². The molecular formula is C15H14N6O3. The van der Waals surface area contributed by atoms with E-state index < -0.39 is 12.1 Å². The maximum atomic E-state index is 11.4. The van der Waals surface area contributed by atoms with Gasteiger partial charge in [0.1, 0.15) is 11.3 Å². The lowest BCUT2D eigenvalue weighted by molar-refractivity contribution is -0.108. The van der Waals surface area contributed by atoms with Gasteiger partial charge in [0.15, 0.2) is 5.58 Å². The number of furan rings is 1. The van der Waals surface area contributed by atoms with Gasteiger partial charge in [-0.15, -0.1) is 0 Å². The van der Waals surface area contributed by atoms with Crippen molar-refractivity contribution in [1.82, 2.24) is 25.6 Å². The van der Waals surface area contributed by atoms with Crippen LogP contribution < -0.4 is 16.4 Å². The maximum absolute atomic E-state index is 11.4. The highest BCUT2D eigenvalue weighted by molar-refractivity contribution is 5.84. The molecule has 0 aliphatic carbocycles. The minimum Gasteiger partial charge on any atom is -0.457 e. The number of rotatable bonds is 4. The zero-order valence-corrected chi connectivity index (χ0v) is 12.7. The van der Waals surface area contributed by atoms with Crippen LogP contribution in [0.15, 0.2) is 35.0 Å². The first-order chi connectivity index (χ1) is 11.6. The summed E-state index contributed by atoms with van der Waals surface area (Å²) in [5.74, 6) is 0.711. The molecule has 9 nitrogen and oxygen atoms in total. The Labute approximate surface area is 136 Å². The van der Waals surface area contributed by atoms with Gasteiger partial charge in [-0.05, 0) is 19.1 Å². The standard InChI is InChI=1S/C15H14N6O3/c1-8(20-15(23)19-7-22)13-4-11-12(24-13)3-2-10(21-11)9-5-17-14(16)18-6-9/h2-8H,1H3,(H2,16,17,18)(H2,19,20,22,23). The van der Waals surface area contributed by atoms with Gasteiger partial charge in [0.2, 0.25) is 12.4 Å². The van der Waals surface area contributed by atoms with Crippen molar-refractivity contribution in [3.05, 3.63) is 36.4 Å². The second-order valence-corrected chi connectivity index (χ2v) is 5.02. The SMILES string of the molecule is CC(NC(=O)NC=O)c1cc2nc(-c3cnc(N)nc3)ccc2o1. The third-order valence-electron chi connectivity index (χ3n) is 3.32. The van der Waals surface area contributed by atoms with Gasteiger partial charge >= 0.3 is 6.03 Å². The van der Waals surface area contributed by atoms with Gasteiger partial charge in [-0.1, -0.05) is 0 Å². The smallest absolute Gasteiger partial charge is 0.321 e. The van der Waals surface area contributed by atoms with Gasteiger partial charge in [0.05, 0.1) is 11.7 Å². The van der Waals surface area contributed by atoms with E-state index in [0.29, 0.717) is 29.0 Å². The van der Waals surface area contributed by atoms with Gasteiger partial charge in [-0.2, -0.15) is 0 Å². The number of nitrogens with one attached hydrogen (secondary N) is 2. The number of hydrogen-bond donors (Lipinski definition) is 3.